The molecule has 0 fully saturated rings. The zero-order valence-electron chi connectivity index (χ0n) is 11.9. The van der Waals surface area contributed by atoms with Gasteiger partial charge in [-0.2, -0.15) is 0 Å². The predicted octanol–water partition coefficient (Wildman–Crippen LogP) is 2.53. The van der Waals surface area contributed by atoms with E-state index in [4.69, 9.17) is 4.42 Å². The monoisotopic (exact) mass is 306 g/mol. The molecule has 1 N–H and O–H groups in total. The molecular weight excluding hydrogens is 288 g/mol. The van der Waals surface area contributed by atoms with Crippen molar-refractivity contribution in [3.05, 3.63) is 24.5 Å². The molecule has 2 rings (SSSR count). The van der Waals surface area contributed by atoms with Crippen molar-refractivity contribution in [2.24, 2.45) is 0 Å². The summed E-state index contributed by atoms with van der Waals surface area (Å²) in [6.07, 6.45) is 5.89. The highest BCUT2D eigenvalue weighted by Crippen LogP contribution is 2.22. The molecule has 0 bridgehead atoms. The van der Waals surface area contributed by atoms with Gasteiger partial charge in [0.05, 0.1) is 5.56 Å². The number of unbranched alkanes of at least 4 members (excludes halogenated alkanes) is 1. The molecule has 2 heterocycles. The van der Waals surface area contributed by atoms with Crippen LogP contribution < -0.4 is 5.32 Å². The molecule has 112 valence electrons. The summed E-state index contributed by atoms with van der Waals surface area (Å²) in [5.41, 5.74) is 0.786. The Morgan fingerprint density at radius 2 is 2.33 bits per heavy atom. The lowest BCUT2D eigenvalue weighted by Crippen LogP contribution is -2.24. The molecule has 0 aliphatic carbocycles. The maximum atomic E-state index is 11.5. The van der Waals surface area contributed by atoms with Crippen molar-refractivity contribution in [2.45, 2.75) is 31.4 Å². The van der Waals surface area contributed by atoms with Crippen LogP contribution in [0.2, 0.25) is 0 Å². The van der Waals surface area contributed by atoms with Gasteiger partial charge in [-0.3, -0.25) is 9.78 Å². The fourth-order valence-corrected chi connectivity index (χ4v) is 2.30. The molecule has 0 saturated carbocycles. The minimum absolute atomic E-state index is 0.0583. The Balaban J connectivity index is 1.75. The van der Waals surface area contributed by atoms with Crippen molar-refractivity contribution in [1.82, 2.24) is 20.5 Å². The Bertz CT molecular complexity index is 559. The van der Waals surface area contributed by atoms with Crippen LogP contribution in [0.1, 0.15) is 26.2 Å². The van der Waals surface area contributed by atoms with Gasteiger partial charge < -0.3 is 9.73 Å². The second-order valence-electron chi connectivity index (χ2n) is 4.42. The van der Waals surface area contributed by atoms with Crippen LogP contribution in [-0.2, 0) is 4.79 Å². The van der Waals surface area contributed by atoms with E-state index in [9.17, 15) is 4.79 Å². The van der Waals surface area contributed by atoms with Crippen molar-refractivity contribution in [1.29, 1.82) is 0 Å². The van der Waals surface area contributed by atoms with Gasteiger partial charge in [-0.25, -0.2) is 0 Å². The summed E-state index contributed by atoms with van der Waals surface area (Å²) in [6, 6.07) is 3.67. The molecule has 0 spiro atoms. The Kier molecular flexibility index (Phi) is 6.21. The number of hydrogen-bond acceptors (Lipinski definition) is 6. The molecular formula is C14H18N4O2S. The quantitative estimate of drug-likeness (QED) is 0.596. The van der Waals surface area contributed by atoms with E-state index in [0.717, 1.165) is 24.9 Å². The predicted molar refractivity (Wildman–Crippen MR) is 80.8 cm³/mol. The van der Waals surface area contributed by atoms with E-state index in [1.807, 2.05) is 12.1 Å². The highest BCUT2D eigenvalue weighted by atomic mass is 32.2. The summed E-state index contributed by atoms with van der Waals surface area (Å²) >= 11 is 1.38. The van der Waals surface area contributed by atoms with E-state index >= 15 is 0 Å². The minimum Gasteiger partial charge on any atom is -0.411 e. The summed E-state index contributed by atoms with van der Waals surface area (Å²) in [6.45, 7) is 2.84. The van der Waals surface area contributed by atoms with Gasteiger partial charge in [0, 0.05) is 31.1 Å². The lowest BCUT2D eigenvalue weighted by Gasteiger charge is -2.02. The number of amides is 1. The normalized spacial score (nSPS) is 10.5. The molecule has 2 aromatic heterocycles. The first-order chi connectivity index (χ1) is 10.3. The van der Waals surface area contributed by atoms with Gasteiger partial charge in [-0.05, 0) is 18.6 Å². The smallest absolute Gasteiger partial charge is 0.276 e. The number of nitrogens with zero attached hydrogens (tertiary/aromatic N) is 3. The third kappa shape index (κ3) is 5.18. The zero-order valence-corrected chi connectivity index (χ0v) is 12.7. The summed E-state index contributed by atoms with van der Waals surface area (Å²) in [7, 11) is 0. The minimum atomic E-state index is 0.0583. The molecule has 1 amide bonds. The third-order valence-electron chi connectivity index (χ3n) is 2.72. The van der Waals surface area contributed by atoms with Crippen molar-refractivity contribution >= 4 is 17.7 Å². The van der Waals surface area contributed by atoms with Gasteiger partial charge in [0.1, 0.15) is 0 Å². The molecule has 0 atom stereocenters. The highest BCUT2D eigenvalue weighted by molar-refractivity contribution is 7.99. The standard InChI is InChI=1S/C14H18N4O2S/c1-2-3-8-16-12(19)6-9-21-14-18-17-13(20-14)11-5-4-7-15-10-11/h4-5,7,10H,2-3,6,8-9H2,1H3,(H,16,19). The van der Waals surface area contributed by atoms with Crippen LogP contribution in [0.15, 0.2) is 34.2 Å². The fourth-order valence-electron chi connectivity index (χ4n) is 1.60. The van der Waals surface area contributed by atoms with Gasteiger partial charge in [-0.1, -0.05) is 25.1 Å². The van der Waals surface area contributed by atoms with Crippen molar-refractivity contribution < 1.29 is 9.21 Å². The number of aromatic nitrogens is 3. The first-order valence-corrected chi connectivity index (χ1v) is 7.91. The number of hydrogen-bond donors (Lipinski definition) is 1. The topological polar surface area (TPSA) is 80.9 Å². The van der Waals surface area contributed by atoms with E-state index in [2.05, 4.69) is 27.4 Å². The average molecular weight is 306 g/mol. The van der Waals surface area contributed by atoms with Gasteiger partial charge in [0.25, 0.3) is 5.22 Å². The number of nitrogens with one attached hydrogen (secondary N) is 1. The van der Waals surface area contributed by atoms with E-state index in [0.29, 0.717) is 23.3 Å². The molecule has 6 nitrogen and oxygen atoms in total. The van der Waals surface area contributed by atoms with E-state index in [1.54, 1.807) is 12.4 Å². The number of rotatable bonds is 8. The largest absolute Gasteiger partial charge is 0.411 e. The maximum absolute atomic E-state index is 11.5. The Morgan fingerprint density at radius 1 is 1.43 bits per heavy atom. The molecule has 0 aliphatic heterocycles. The van der Waals surface area contributed by atoms with Gasteiger partial charge >= 0.3 is 0 Å². The average Bonchev–Trinajstić information content (AvgIpc) is 2.97. The van der Waals surface area contributed by atoms with Crippen LogP contribution >= 0.6 is 11.8 Å². The fraction of sp³-hybridized carbons (Fsp3) is 0.429. The van der Waals surface area contributed by atoms with Gasteiger partial charge in [0.2, 0.25) is 11.8 Å². The van der Waals surface area contributed by atoms with Crippen LogP contribution in [0.4, 0.5) is 0 Å². The Labute approximate surface area is 127 Å². The highest BCUT2D eigenvalue weighted by Gasteiger charge is 2.09. The Morgan fingerprint density at radius 3 is 3.10 bits per heavy atom. The van der Waals surface area contributed by atoms with Crippen molar-refractivity contribution in [2.75, 3.05) is 12.3 Å². The first-order valence-electron chi connectivity index (χ1n) is 6.93. The lowest BCUT2D eigenvalue weighted by atomic mass is 10.3. The summed E-state index contributed by atoms with van der Waals surface area (Å²) in [4.78, 5) is 15.5. The molecule has 7 heteroatoms. The molecule has 2 aromatic rings. The van der Waals surface area contributed by atoms with Crippen LogP contribution in [0.5, 0.6) is 0 Å². The second kappa shape index (κ2) is 8.41. The molecule has 21 heavy (non-hydrogen) atoms. The summed E-state index contributed by atoms with van der Waals surface area (Å²) in [5, 5.41) is 11.3. The molecule has 0 aliphatic rings. The lowest BCUT2D eigenvalue weighted by molar-refractivity contribution is -0.120. The van der Waals surface area contributed by atoms with Gasteiger partial charge in [0.15, 0.2) is 0 Å². The first kappa shape index (κ1) is 15.5. The number of carbonyl (C=O) groups is 1. The van der Waals surface area contributed by atoms with E-state index < -0.39 is 0 Å². The molecule has 0 saturated heterocycles. The summed E-state index contributed by atoms with van der Waals surface area (Å²) < 4.78 is 5.52. The second-order valence-corrected chi connectivity index (χ2v) is 5.46. The molecule has 0 unspecified atom stereocenters. The van der Waals surface area contributed by atoms with E-state index in [1.165, 1.54) is 11.8 Å². The van der Waals surface area contributed by atoms with Crippen molar-refractivity contribution in [3.63, 3.8) is 0 Å². The molecule has 0 radical (unpaired) electrons. The van der Waals surface area contributed by atoms with Crippen LogP contribution in [0, 0.1) is 0 Å². The number of thioether (sulfide) groups is 1. The van der Waals surface area contributed by atoms with Crippen molar-refractivity contribution in [3.8, 4) is 11.5 Å². The third-order valence-corrected chi connectivity index (χ3v) is 3.54. The zero-order chi connectivity index (χ0) is 14.9. The Hall–Kier alpha value is -1.89. The number of pyridine rings is 1. The van der Waals surface area contributed by atoms with Gasteiger partial charge in [-0.15, -0.1) is 10.2 Å². The maximum Gasteiger partial charge on any atom is 0.276 e. The van der Waals surface area contributed by atoms with Crippen LogP contribution in [-0.4, -0.2) is 33.4 Å². The van der Waals surface area contributed by atoms with Crippen LogP contribution in [0.3, 0.4) is 0 Å². The summed E-state index contributed by atoms with van der Waals surface area (Å²) in [5.74, 6) is 1.12. The van der Waals surface area contributed by atoms with E-state index in [-0.39, 0.29) is 5.91 Å². The molecule has 0 aromatic carbocycles. The van der Waals surface area contributed by atoms with Crippen LogP contribution in [0.25, 0.3) is 11.5 Å². The SMILES string of the molecule is CCCCNC(=O)CCSc1nnc(-c2cccnc2)o1. The number of carbonyl (C=O) groups excluding carboxylic acids is 1.